The van der Waals surface area contributed by atoms with Crippen LogP contribution in [0.15, 0.2) is 0 Å². The minimum absolute atomic E-state index is 0.0118. The quantitative estimate of drug-likeness (QED) is 0.0839. The van der Waals surface area contributed by atoms with Gasteiger partial charge < -0.3 is 52.8 Å². The fourth-order valence-corrected chi connectivity index (χ4v) is 4.76. The highest BCUT2D eigenvalue weighted by molar-refractivity contribution is 5.75. The number of carboxylic acid groups (broad SMARTS) is 2. The van der Waals surface area contributed by atoms with Gasteiger partial charge in [0.15, 0.2) is 0 Å². The van der Waals surface area contributed by atoms with Crippen molar-refractivity contribution in [3.63, 3.8) is 0 Å². The van der Waals surface area contributed by atoms with E-state index in [0.29, 0.717) is 12.8 Å². The van der Waals surface area contributed by atoms with Crippen LogP contribution in [-0.2, 0) is 52.2 Å². The number of unbranched alkanes of at least 4 members (excludes halogenated alkanes) is 1. The number of carbonyl (C=O) groups is 2. The van der Waals surface area contributed by atoms with Gasteiger partial charge in [0.1, 0.15) is 6.04 Å². The van der Waals surface area contributed by atoms with E-state index < -0.39 is 54.9 Å². The third-order valence-electron chi connectivity index (χ3n) is 6.20. The lowest BCUT2D eigenvalue weighted by Gasteiger charge is -2.58. The van der Waals surface area contributed by atoms with Crippen molar-refractivity contribution in [1.29, 1.82) is 0 Å². The molecule has 0 aromatic carbocycles. The van der Waals surface area contributed by atoms with Gasteiger partial charge in [-0.05, 0) is 67.7 Å². The van der Waals surface area contributed by atoms with Crippen LogP contribution in [0.5, 0.6) is 0 Å². The van der Waals surface area contributed by atoms with Crippen LogP contribution < -0.4 is 0 Å². The lowest BCUT2D eigenvalue weighted by atomic mass is 10.0. The molecule has 2 atom stereocenters. The van der Waals surface area contributed by atoms with Crippen molar-refractivity contribution in [1.82, 2.24) is 4.90 Å². The Labute approximate surface area is 263 Å². The Morgan fingerprint density at radius 2 is 1.16 bits per heavy atom. The van der Waals surface area contributed by atoms with E-state index in [1.807, 2.05) is 13.8 Å². The fraction of sp³-hybridized carbons (Fsp3) is 0.933. The van der Waals surface area contributed by atoms with Gasteiger partial charge in [0.05, 0.1) is 6.61 Å². The van der Waals surface area contributed by atoms with Gasteiger partial charge in [-0.2, -0.15) is 4.90 Å². The van der Waals surface area contributed by atoms with Crippen molar-refractivity contribution in [3.05, 3.63) is 0 Å². The Balaban J connectivity index is 8.44. The van der Waals surface area contributed by atoms with E-state index in [9.17, 15) is 19.8 Å². The first-order chi connectivity index (χ1) is 21.1. The average molecular weight is 642 g/mol. The molecular formula is C30H59NO13. The molecule has 0 amide bonds. The van der Waals surface area contributed by atoms with Gasteiger partial charge in [0.25, 0.3) is 5.91 Å². The van der Waals surface area contributed by atoms with Gasteiger partial charge >= 0.3 is 23.8 Å². The van der Waals surface area contributed by atoms with E-state index in [4.69, 9.17) is 42.6 Å². The Hall–Kier alpha value is -1.46. The Morgan fingerprint density at radius 1 is 0.636 bits per heavy atom. The lowest BCUT2D eigenvalue weighted by Crippen LogP contribution is -2.81. The predicted molar refractivity (Wildman–Crippen MR) is 161 cm³/mol. The minimum atomic E-state index is -2.38. The van der Waals surface area contributed by atoms with Crippen LogP contribution in [0.1, 0.15) is 94.4 Å². The summed E-state index contributed by atoms with van der Waals surface area (Å²) in [7, 11) is 0. The number of ether oxygens (including phenoxy) is 9. The van der Waals surface area contributed by atoms with Gasteiger partial charge in [-0.3, -0.25) is 9.59 Å². The third-order valence-corrected chi connectivity index (χ3v) is 6.20. The summed E-state index contributed by atoms with van der Waals surface area (Å²) in [6, 6.07) is -1.70. The summed E-state index contributed by atoms with van der Waals surface area (Å²) in [5, 5.41) is 20.5. The molecule has 0 aromatic heterocycles. The number of hydrogen-bond acceptors (Lipinski definition) is 12. The van der Waals surface area contributed by atoms with Crippen LogP contribution in [0.2, 0.25) is 0 Å². The first-order valence-electron chi connectivity index (χ1n) is 16.0. The molecule has 1 unspecified atom stereocenters. The van der Waals surface area contributed by atoms with Crippen molar-refractivity contribution >= 4 is 11.9 Å². The summed E-state index contributed by atoms with van der Waals surface area (Å²) in [5.74, 6) is -9.45. The molecule has 44 heavy (non-hydrogen) atoms. The fourth-order valence-electron chi connectivity index (χ4n) is 4.76. The molecule has 0 aliphatic heterocycles. The highest BCUT2D eigenvalue weighted by Crippen LogP contribution is 2.46. The molecule has 0 spiro atoms. The van der Waals surface area contributed by atoms with Gasteiger partial charge in [-0.15, -0.1) is 0 Å². The summed E-state index contributed by atoms with van der Waals surface area (Å²) in [6.07, 6.45) is -0.382. The van der Waals surface area contributed by atoms with Crippen LogP contribution in [0.4, 0.5) is 0 Å². The minimum Gasteiger partial charge on any atom is -0.481 e. The second kappa shape index (κ2) is 23.0. The van der Waals surface area contributed by atoms with Crippen molar-refractivity contribution in [2.24, 2.45) is 0 Å². The molecule has 14 heteroatoms. The molecule has 0 heterocycles. The maximum atomic E-state index is 13.3. The third kappa shape index (κ3) is 11.1. The predicted octanol–water partition coefficient (Wildman–Crippen LogP) is 4.39. The second-order valence-electron chi connectivity index (χ2n) is 9.38. The van der Waals surface area contributed by atoms with Gasteiger partial charge in [-0.25, -0.2) is 0 Å². The molecule has 262 valence electrons. The van der Waals surface area contributed by atoms with E-state index >= 15 is 0 Å². The molecule has 0 radical (unpaired) electrons. The number of nitrogens with zero attached hydrogens (tertiary/aromatic N) is 1. The highest BCUT2D eigenvalue weighted by atomic mass is 16.9. The Bertz CT molecular complexity index is 751. The largest absolute Gasteiger partial charge is 0.481 e. The SMILES string of the molecule is CCCCOC(OCC)(OCC)C(OCC)(OCC)N([C@@H](CCC(=O)O)C(=O)O)C(OCC)(OCC)C(OCC)OCCC. The van der Waals surface area contributed by atoms with Crippen LogP contribution in [0.3, 0.4) is 0 Å². The Kier molecular flexibility index (Phi) is 22.2. The molecular weight excluding hydrogens is 582 g/mol. The lowest BCUT2D eigenvalue weighted by molar-refractivity contribution is -0.569. The highest BCUT2D eigenvalue weighted by Gasteiger charge is 2.72. The molecule has 0 aliphatic rings. The summed E-state index contributed by atoms with van der Waals surface area (Å²) in [4.78, 5) is 26.3. The zero-order valence-electron chi connectivity index (χ0n) is 28.4. The van der Waals surface area contributed by atoms with Crippen LogP contribution >= 0.6 is 0 Å². The molecule has 0 aromatic rings. The average Bonchev–Trinajstić information content (AvgIpc) is 2.97. The Morgan fingerprint density at radius 3 is 1.55 bits per heavy atom. The molecule has 0 aliphatic carbocycles. The number of aliphatic carboxylic acids is 2. The standard InChI is InChI=1S/C30H59NO13/c1-10-19-23-44-30(42-17-8,43-18-9)29(40-15-6,41-16-7)31(24(26(34)35)20-21-25(32)33)28(38-13-4,39-14-5)27(36-12-3)37-22-11-2/h24,27H,10-23H2,1-9H3,(H,32,33)(H,34,35)/t24-,27?/m0/s1. The molecule has 2 N–H and O–H groups in total. The van der Waals surface area contributed by atoms with Gasteiger partial charge in [0.2, 0.25) is 6.29 Å². The zero-order valence-corrected chi connectivity index (χ0v) is 28.4. The van der Waals surface area contributed by atoms with Crippen molar-refractivity contribution in [3.8, 4) is 0 Å². The van der Waals surface area contributed by atoms with E-state index in [0.717, 1.165) is 11.3 Å². The van der Waals surface area contributed by atoms with Crippen molar-refractivity contribution < 1.29 is 62.4 Å². The van der Waals surface area contributed by atoms with E-state index in [2.05, 4.69) is 0 Å². The summed E-state index contributed by atoms with van der Waals surface area (Å²) in [5.41, 5.74) is 0. The van der Waals surface area contributed by atoms with Crippen LogP contribution in [-0.4, -0.2) is 117 Å². The van der Waals surface area contributed by atoms with Gasteiger partial charge in [0, 0.05) is 59.3 Å². The first kappa shape index (κ1) is 42.5. The van der Waals surface area contributed by atoms with Crippen molar-refractivity contribution in [2.75, 3.05) is 59.5 Å². The number of rotatable bonds is 30. The van der Waals surface area contributed by atoms with Crippen LogP contribution in [0, 0.1) is 0 Å². The van der Waals surface area contributed by atoms with E-state index in [1.54, 1.807) is 48.5 Å². The topological polar surface area (TPSA) is 161 Å². The maximum absolute atomic E-state index is 13.3. The molecule has 0 saturated heterocycles. The molecule has 0 rings (SSSR count). The first-order valence-corrected chi connectivity index (χ1v) is 16.0. The summed E-state index contributed by atoms with van der Waals surface area (Å²) < 4.78 is 56.8. The zero-order chi connectivity index (χ0) is 33.7. The molecule has 14 nitrogen and oxygen atoms in total. The molecule has 0 bridgehead atoms. The second-order valence-corrected chi connectivity index (χ2v) is 9.38. The van der Waals surface area contributed by atoms with E-state index in [1.165, 1.54) is 0 Å². The maximum Gasteiger partial charge on any atom is 0.357 e. The van der Waals surface area contributed by atoms with Gasteiger partial charge in [-0.1, -0.05) is 20.3 Å². The normalized spacial score (nSPS) is 14.2. The van der Waals surface area contributed by atoms with Crippen molar-refractivity contribution in [2.45, 2.75) is 125 Å². The number of hydrogen-bond donors (Lipinski definition) is 2. The van der Waals surface area contributed by atoms with Crippen LogP contribution in [0.25, 0.3) is 0 Å². The van der Waals surface area contributed by atoms with E-state index in [-0.39, 0.29) is 59.5 Å². The number of carboxylic acids is 2. The molecule has 0 saturated carbocycles. The summed E-state index contributed by atoms with van der Waals surface area (Å²) >= 11 is 0. The molecule has 0 fully saturated rings. The smallest absolute Gasteiger partial charge is 0.357 e. The summed E-state index contributed by atoms with van der Waals surface area (Å²) in [6.45, 7) is 16.2. The monoisotopic (exact) mass is 641 g/mol.